The number of nitrogens with one attached hydrogen (secondary N) is 1. The molecule has 1 aromatic heterocycles. The Balaban J connectivity index is 1.64. The molecule has 0 saturated heterocycles. The summed E-state index contributed by atoms with van der Waals surface area (Å²) in [4.78, 5) is 4.56. The van der Waals surface area contributed by atoms with Crippen LogP contribution in [-0.2, 0) is 0 Å². The molecule has 0 aliphatic heterocycles. The number of ether oxygens (including phenoxy) is 1. The van der Waals surface area contributed by atoms with Crippen LogP contribution in [0, 0.1) is 0 Å². The highest BCUT2D eigenvalue weighted by Gasteiger charge is 2.05. The van der Waals surface area contributed by atoms with Crippen LogP contribution in [0.2, 0.25) is 5.02 Å². The Morgan fingerprint density at radius 3 is 2.85 bits per heavy atom. The van der Waals surface area contributed by atoms with Crippen LogP contribution >= 0.6 is 22.9 Å². The van der Waals surface area contributed by atoms with Crippen molar-refractivity contribution in [2.45, 2.75) is 26.2 Å². The van der Waals surface area contributed by atoms with Crippen molar-refractivity contribution in [2.24, 2.45) is 5.10 Å². The Hall–Kier alpha value is -2.37. The van der Waals surface area contributed by atoms with E-state index in [2.05, 4.69) is 22.4 Å². The van der Waals surface area contributed by atoms with Crippen molar-refractivity contribution in [1.29, 1.82) is 0 Å². The number of rotatable bonds is 9. The molecule has 0 fully saturated rings. The van der Waals surface area contributed by atoms with Gasteiger partial charge in [-0.15, -0.1) is 11.3 Å². The maximum atomic E-state index is 6.12. The molecular weight excluding hydrogens is 378 g/mol. The van der Waals surface area contributed by atoms with Gasteiger partial charge in [0.15, 0.2) is 0 Å². The third-order valence-corrected chi connectivity index (χ3v) is 4.90. The fraction of sp³-hybridized carbons (Fsp3) is 0.238. The monoisotopic (exact) mass is 399 g/mol. The van der Waals surface area contributed by atoms with E-state index < -0.39 is 0 Å². The number of anilines is 1. The van der Waals surface area contributed by atoms with E-state index >= 15 is 0 Å². The fourth-order valence-corrected chi connectivity index (χ4v) is 3.36. The van der Waals surface area contributed by atoms with Crippen LogP contribution in [0.4, 0.5) is 5.13 Å². The maximum Gasteiger partial charge on any atom is 0.203 e. The van der Waals surface area contributed by atoms with Gasteiger partial charge in [-0.1, -0.05) is 61.7 Å². The molecule has 0 aliphatic carbocycles. The summed E-state index contributed by atoms with van der Waals surface area (Å²) in [5, 5.41) is 7.69. The molecule has 0 saturated carbocycles. The van der Waals surface area contributed by atoms with Crippen molar-refractivity contribution in [3.63, 3.8) is 0 Å². The van der Waals surface area contributed by atoms with Crippen LogP contribution in [0.1, 0.15) is 31.7 Å². The van der Waals surface area contributed by atoms with Crippen molar-refractivity contribution in [3.05, 3.63) is 64.5 Å². The standard InChI is InChI=1S/C21H22ClN3OS/c1-2-3-7-12-26-20-11-10-18(22)13-17(20)14-23-25-21-24-19(15-27-21)16-8-5-4-6-9-16/h4-6,8-11,13-15H,2-3,7,12H2,1H3,(H,24,25). The van der Waals surface area contributed by atoms with E-state index in [9.17, 15) is 0 Å². The van der Waals surface area contributed by atoms with Crippen LogP contribution in [-0.4, -0.2) is 17.8 Å². The van der Waals surface area contributed by atoms with Crippen molar-refractivity contribution >= 4 is 34.3 Å². The third-order valence-electron chi connectivity index (χ3n) is 3.91. The number of aromatic nitrogens is 1. The van der Waals surface area contributed by atoms with Gasteiger partial charge < -0.3 is 4.74 Å². The topological polar surface area (TPSA) is 46.5 Å². The van der Waals surface area contributed by atoms with Crippen LogP contribution in [0.15, 0.2) is 59.0 Å². The zero-order valence-corrected chi connectivity index (χ0v) is 16.8. The van der Waals surface area contributed by atoms with Crippen LogP contribution in [0.5, 0.6) is 5.75 Å². The van der Waals surface area contributed by atoms with Crippen molar-refractivity contribution < 1.29 is 4.74 Å². The fourth-order valence-electron chi connectivity index (χ4n) is 2.51. The molecule has 0 amide bonds. The molecule has 1 N–H and O–H groups in total. The first-order chi connectivity index (χ1) is 13.3. The molecule has 27 heavy (non-hydrogen) atoms. The second kappa shape index (κ2) is 10.1. The Bertz CT molecular complexity index is 880. The highest BCUT2D eigenvalue weighted by Crippen LogP contribution is 2.25. The van der Waals surface area contributed by atoms with Crippen LogP contribution < -0.4 is 10.2 Å². The molecule has 0 aliphatic rings. The van der Waals surface area contributed by atoms with Gasteiger partial charge in [0.1, 0.15) is 5.75 Å². The Labute approximate surface area is 168 Å². The molecule has 0 unspecified atom stereocenters. The minimum atomic E-state index is 0.651. The normalized spacial score (nSPS) is 11.0. The molecule has 4 nitrogen and oxygen atoms in total. The largest absolute Gasteiger partial charge is 0.493 e. The number of hydrazone groups is 1. The molecule has 0 radical (unpaired) electrons. The minimum absolute atomic E-state index is 0.651. The average Bonchev–Trinajstić information content (AvgIpc) is 3.16. The van der Waals surface area contributed by atoms with Gasteiger partial charge in [0.2, 0.25) is 5.13 Å². The van der Waals surface area contributed by atoms with E-state index in [1.165, 1.54) is 17.8 Å². The second-order valence-corrected chi connectivity index (χ2v) is 7.31. The first kappa shape index (κ1) is 19.4. The van der Waals surface area contributed by atoms with E-state index in [-0.39, 0.29) is 0 Å². The highest BCUT2D eigenvalue weighted by atomic mass is 35.5. The van der Waals surface area contributed by atoms with Gasteiger partial charge in [-0.3, -0.25) is 5.43 Å². The van der Waals surface area contributed by atoms with Gasteiger partial charge in [-0.25, -0.2) is 4.98 Å². The summed E-state index contributed by atoms with van der Waals surface area (Å²) in [7, 11) is 0. The van der Waals surface area contributed by atoms with Crippen molar-refractivity contribution in [1.82, 2.24) is 4.98 Å². The van der Waals surface area contributed by atoms with Gasteiger partial charge in [0.05, 0.1) is 18.5 Å². The van der Waals surface area contributed by atoms with Gasteiger partial charge in [0, 0.05) is 21.5 Å². The Morgan fingerprint density at radius 1 is 1.19 bits per heavy atom. The van der Waals surface area contributed by atoms with Gasteiger partial charge in [-0.05, 0) is 24.6 Å². The van der Waals surface area contributed by atoms with Crippen molar-refractivity contribution in [2.75, 3.05) is 12.0 Å². The molecule has 140 valence electrons. The van der Waals surface area contributed by atoms with E-state index in [0.29, 0.717) is 11.6 Å². The number of thiazole rings is 1. The summed E-state index contributed by atoms with van der Waals surface area (Å²) in [6.45, 7) is 2.87. The van der Waals surface area contributed by atoms with E-state index in [4.69, 9.17) is 16.3 Å². The molecule has 0 bridgehead atoms. The highest BCUT2D eigenvalue weighted by molar-refractivity contribution is 7.14. The number of hydrogen-bond acceptors (Lipinski definition) is 5. The summed E-state index contributed by atoms with van der Waals surface area (Å²) >= 11 is 7.63. The molecule has 0 spiro atoms. The Kier molecular flexibility index (Phi) is 7.25. The molecule has 0 atom stereocenters. The van der Waals surface area contributed by atoms with Crippen LogP contribution in [0.3, 0.4) is 0 Å². The lowest BCUT2D eigenvalue weighted by Crippen LogP contribution is -2.00. The summed E-state index contributed by atoms with van der Waals surface area (Å²) in [6, 6.07) is 15.6. The lowest BCUT2D eigenvalue weighted by atomic mass is 10.2. The first-order valence-electron chi connectivity index (χ1n) is 8.98. The smallest absolute Gasteiger partial charge is 0.203 e. The molecule has 6 heteroatoms. The van der Waals surface area contributed by atoms with Crippen molar-refractivity contribution in [3.8, 4) is 17.0 Å². The summed E-state index contributed by atoms with van der Waals surface area (Å²) < 4.78 is 5.87. The van der Waals surface area contributed by atoms with E-state index in [1.807, 2.05) is 53.9 Å². The Morgan fingerprint density at radius 2 is 2.04 bits per heavy atom. The molecular formula is C21H22ClN3OS. The number of hydrogen-bond donors (Lipinski definition) is 1. The molecule has 1 heterocycles. The van der Waals surface area contributed by atoms with Crippen LogP contribution in [0.25, 0.3) is 11.3 Å². The predicted octanol–water partition coefficient (Wildman–Crippen LogP) is 6.48. The van der Waals surface area contributed by atoms with Gasteiger partial charge in [-0.2, -0.15) is 5.10 Å². The summed E-state index contributed by atoms with van der Waals surface area (Å²) in [5.41, 5.74) is 5.84. The first-order valence-corrected chi connectivity index (χ1v) is 10.2. The number of benzene rings is 2. The number of unbranched alkanes of at least 4 members (excludes halogenated alkanes) is 2. The van der Waals surface area contributed by atoms with E-state index in [1.54, 1.807) is 6.21 Å². The van der Waals surface area contributed by atoms with Gasteiger partial charge >= 0.3 is 0 Å². The zero-order chi connectivity index (χ0) is 18.9. The van der Waals surface area contributed by atoms with E-state index in [0.717, 1.165) is 40.5 Å². The quantitative estimate of drug-likeness (QED) is 0.254. The molecule has 3 rings (SSSR count). The SMILES string of the molecule is CCCCCOc1ccc(Cl)cc1C=NNc1nc(-c2ccccc2)cs1. The molecule has 3 aromatic rings. The van der Waals surface area contributed by atoms with Gasteiger partial charge in [0.25, 0.3) is 0 Å². The maximum absolute atomic E-state index is 6.12. The predicted molar refractivity (Wildman–Crippen MR) is 115 cm³/mol. The molecule has 2 aromatic carbocycles. The summed E-state index contributed by atoms with van der Waals surface area (Å²) in [6.07, 6.45) is 5.08. The minimum Gasteiger partial charge on any atom is -0.493 e. The lowest BCUT2D eigenvalue weighted by Gasteiger charge is -2.09. The second-order valence-electron chi connectivity index (χ2n) is 6.01. The number of nitrogens with zero attached hydrogens (tertiary/aromatic N) is 2. The summed E-state index contributed by atoms with van der Waals surface area (Å²) in [5.74, 6) is 0.783. The number of halogens is 1. The zero-order valence-electron chi connectivity index (χ0n) is 15.2. The lowest BCUT2D eigenvalue weighted by molar-refractivity contribution is 0.306. The average molecular weight is 400 g/mol. The third kappa shape index (κ3) is 5.81.